The summed E-state index contributed by atoms with van der Waals surface area (Å²) in [6.45, 7) is 5.56. The molecule has 0 unspecified atom stereocenters. The standard InChI is InChI=1S/C16H19ClN4O/c17-13-10-12-2-1-3-19-15(12)14(11-13)16(22)20-6-9-21-7-4-18-5-8-21/h1-3,10-11,18H,4-9H2,(H,20,22). The Labute approximate surface area is 134 Å². The summed E-state index contributed by atoms with van der Waals surface area (Å²) in [6, 6.07) is 7.24. The van der Waals surface area contributed by atoms with Crippen LogP contribution in [0, 0.1) is 0 Å². The third kappa shape index (κ3) is 3.55. The molecule has 1 saturated heterocycles. The van der Waals surface area contributed by atoms with Gasteiger partial charge in [0.05, 0.1) is 11.1 Å². The van der Waals surface area contributed by atoms with Gasteiger partial charge < -0.3 is 10.6 Å². The number of hydrogen-bond acceptors (Lipinski definition) is 4. The van der Waals surface area contributed by atoms with E-state index in [1.165, 1.54) is 0 Å². The van der Waals surface area contributed by atoms with Crippen LogP contribution in [0.1, 0.15) is 10.4 Å². The van der Waals surface area contributed by atoms with E-state index in [2.05, 4.69) is 20.5 Å². The molecule has 0 radical (unpaired) electrons. The number of benzene rings is 1. The molecule has 0 saturated carbocycles. The molecule has 0 aliphatic carbocycles. The largest absolute Gasteiger partial charge is 0.351 e. The van der Waals surface area contributed by atoms with Gasteiger partial charge in [0.15, 0.2) is 0 Å². The molecule has 22 heavy (non-hydrogen) atoms. The van der Waals surface area contributed by atoms with Crippen molar-refractivity contribution in [2.24, 2.45) is 0 Å². The van der Waals surface area contributed by atoms with Gasteiger partial charge in [-0.25, -0.2) is 0 Å². The summed E-state index contributed by atoms with van der Waals surface area (Å²) in [6.07, 6.45) is 1.69. The van der Waals surface area contributed by atoms with Gasteiger partial charge in [0.2, 0.25) is 0 Å². The van der Waals surface area contributed by atoms with Crippen LogP contribution in [0.15, 0.2) is 30.5 Å². The SMILES string of the molecule is O=C(NCCN1CCNCC1)c1cc(Cl)cc2cccnc12. The Bertz CT molecular complexity index is 670. The van der Waals surface area contributed by atoms with Crippen LogP contribution < -0.4 is 10.6 Å². The predicted octanol–water partition coefficient (Wildman–Crippen LogP) is 1.52. The highest BCUT2D eigenvalue weighted by molar-refractivity contribution is 6.32. The van der Waals surface area contributed by atoms with Crippen LogP contribution in [0.4, 0.5) is 0 Å². The average molecular weight is 319 g/mol. The number of nitrogens with zero attached hydrogens (tertiary/aromatic N) is 2. The smallest absolute Gasteiger partial charge is 0.253 e. The van der Waals surface area contributed by atoms with Crippen molar-refractivity contribution in [2.75, 3.05) is 39.3 Å². The lowest BCUT2D eigenvalue weighted by Crippen LogP contribution is -2.46. The Kier molecular flexibility index (Phi) is 4.87. The second-order valence-corrected chi connectivity index (χ2v) is 5.81. The highest BCUT2D eigenvalue weighted by Crippen LogP contribution is 2.22. The molecule has 0 atom stereocenters. The highest BCUT2D eigenvalue weighted by atomic mass is 35.5. The molecule has 116 valence electrons. The number of hydrogen-bond donors (Lipinski definition) is 2. The minimum Gasteiger partial charge on any atom is -0.351 e. The first-order valence-corrected chi connectivity index (χ1v) is 7.87. The highest BCUT2D eigenvalue weighted by Gasteiger charge is 2.13. The van der Waals surface area contributed by atoms with E-state index in [0.717, 1.165) is 38.1 Å². The van der Waals surface area contributed by atoms with Crippen molar-refractivity contribution in [3.63, 3.8) is 0 Å². The fourth-order valence-electron chi connectivity index (χ4n) is 2.69. The molecule has 0 spiro atoms. The quantitative estimate of drug-likeness (QED) is 0.897. The van der Waals surface area contributed by atoms with Crippen LogP contribution in [0.25, 0.3) is 10.9 Å². The first kappa shape index (κ1) is 15.2. The molecule has 1 aliphatic rings. The minimum atomic E-state index is -0.124. The van der Waals surface area contributed by atoms with E-state index in [1.54, 1.807) is 12.3 Å². The molecule has 6 heteroatoms. The summed E-state index contributed by atoms with van der Waals surface area (Å²) in [4.78, 5) is 19.1. The van der Waals surface area contributed by atoms with Crippen molar-refractivity contribution in [3.05, 3.63) is 41.0 Å². The summed E-state index contributed by atoms with van der Waals surface area (Å²) >= 11 is 6.10. The van der Waals surface area contributed by atoms with Crippen LogP contribution in [-0.4, -0.2) is 55.1 Å². The van der Waals surface area contributed by atoms with Gasteiger partial charge in [-0.1, -0.05) is 17.7 Å². The number of carbonyl (C=O) groups is 1. The lowest BCUT2D eigenvalue weighted by atomic mass is 10.1. The molecule has 1 fully saturated rings. The van der Waals surface area contributed by atoms with Crippen LogP contribution in [-0.2, 0) is 0 Å². The molecule has 0 bridgehead atoms. The number of fused-ring (bicyclic) bond motifs is 1. The number of carbonyl (C=O) groups excluding carboxylic acids is 1. The third-order valence-corrected chi connectivity index (χ3v) is 4.06. The average Bonchev–Trinajstić information content (AvgIpc) is 2.55. The second-order valence-electron chi connectivity index (χ2n) is 5.38. The molecular weight excluding hydrogens is 300 g/mol. The Morgan fingerprint density at radius 3 is 3.00 bits per heavy atom. The molecule has 1 aliphatic heterocycles. The van der Waals surface area contributed by atoms with Gasteiger partial charge in [0.25, 0.3) is 5.91 Å². The number of aromatic nitrogens is 1. The van der Waals surface area contributed by atoms with Crippen molar-refractivity contribution >= 4 is 28.4 Å². The summed E-state index contributed by atoms with van der Waals surface area (Å²) in [5.41, 5.74) is 1.22. The normalized spacial score (nSPS) is 15.9. The van der Waals surface area contributed by atoms with E-state index in [0.29, 0.717) is 22.6 Å². The first-order chi connectivity index (χ1) is 10.7. The van der Waals surface area contributed by atoms with E-state index in [1.807, 2.05) is 18.2 Å². The number of nitrogens with one attached hydrogen (secondary N) is 2. The maximum atomic E-state index is 12.4. The van der Waals surface area contributed by atoms with Crippen LogP contribution in [0.2, 0.25) is 5.02 Å². The summed E-state index contributed by atoms with van der Waals surface area (Å²) in [7, 11) is 0. The van der Waals surface area contributed by atoms with Crippen LogP contribution >= 0.6 is 11.6 Å². The number of amides is 1. The second kappa shape index (κ2) is 7.05. The molecule has 1 aromatic carbocycles. The molecule has 2 heterocycles. The van der Waals surface area contributed by atoms with Gasteiger partial charge in [-0.2, -0.15) is 0 Å². The van der Waals surface area contributed by atoms with Gasteiger partial charge in [0, 0.05) is 55.9 Å². The lowest BCUT2D eigenvalue weighted by molar-refractivity contribution is 0.0948. The van der Waals surface area contributed by atoms with Crippen molar-refractivity contribution < 1.29 is 4.79 Å². The molecular formula is C16H19ClN4O. The number of piperazine rings is 1. The fourth-order valence-corrected chi connectivity index (χ4v) is 2.91. The van der Waals surface area contributed by atoms with Crippen LogP contribution in [0.5, 0.6) is 0 Å². The van der Waals surface area contributed by atoms with E-state index in [-0.39, 0.29) is 5.91 Å². The number of pyridine rings is 1. The summed E-state index contributed by atoms with van der Waals surface area (Å²) < 4.78 is 0. The molecule has 2 N–H and O–H groups in total. The van der Waals surface area contributed by atoms with E-state index in [4.69, 9.17) is 11.6 Å². The number of rotatable bonds is 4. The van der Waals surface area contributed by atoms with Gasteiger partial charge in [-0.15, -0.1) is 0 Å². The Morgan fingerprint density at radius 1 is 1.36 bits per heavy atom. The maximum Gasteiger partial charge on any atom is 0.253 e. The zero-order valence-electron chi connectivity index (χ0n) is 12.3. The van der Waals surface area contributed by atoms with Crippen molar-refractivity contribution in [1.29, 1.82) is 0 Å². The lowest BCUT2D eigenvalue weighted by Gasteiger charge is -2.27. The fraction of sp³-hybridized carbons (Fsp3) is 0.375. The topological polar surface area (TPSA) is 57.3 Å². The number of halogens is 1. The Balaban J connectivity index is 1.67. The van der Waals surface area contributed by atoms with Crippen molar-refractivity contribution in [3.8, 4) is 0 Å². The van der Waals surface area contributed by atoms with E-state index < -0.39 is 0 Å². The van der Waals surface area contributed by atoms with Crippen LogP contribution in [0.3, 0.4) is 0 Å². The maximum absolute atomic E-state index is 12.4. The predicted molar refractivity (Wildman–Crippen MR) is 88.4 cm³/mol. The van der Waals surface area contributed by atoms with Gasteiger partial charge in [-0.3, -0.25) is 14.7 Å². The molecule has 3 rings (SSSR count). The zero-order chi connectivity index (χ0) is 15.4. The molecule has 1 amide bonds. The Morgan fingerprint density at radius 2 is 2.18 bits per heavy atom. The van der Waals surface area contributed by atoms with Gasteiger partial charge in [-0.05, 0) is 18.2 Å². The zero-order valence-corrected chi connectivity index (χ0v) is 13.1. The summed E-state index contributed by atoms with van der Waals surface area (Å²) in [5.74, 6) is -0.124. The first-order valence-electron chi connectivity index (χ1n) is 7.49. The monoisotopic (exact) mass is 318 g/mol. The summed E-state index contributed by atoms with van der Waals surface area (Å²) in [5, 5.41) is 7.71. The van der Waals surface area contributed by atoms with Gasteiger partial charge in [0.1, 0.15) is 0 Å². The van der Waals surface area contributed by atoms with E-state index in [9.17, 15) is 4.79 Å². The Hall–Kier alpha value is -1.69. The van der Waals surface area contributed by atoms with E-state index >= 15 is 0 Å². The molecule has 2 aromatic rings. The van der Waals surface area contributed by atoms with Crippen molar-refractivity contribution in [2.45, 2.75) is 0 Å². The third-order valence-electron chi connectivity index (χ3n) is 3.84. The van der Waals surface area contributed by atoms with Gasteiger partial charge >= 0.3 is 0 Å². The minimum absolute atomic E-state index is 0.124. The molecule has 1 aromatic heterocycles. The molecule has 5 nitrogen and oxygen atoms in total. The van der Waals surface area contributed by atoms with Crippen molar-refractivity contribution in [1.82, 2.24) is 20.5 Å².